The molecule has 1 rings (SSSR count). The van der Waals surface area contributed by atoms with E-state index in [1.54, 1.807) is 0 Å². The third-order valence-corrected chi connectivity index (χ3v) is 4.77. The van der Waals surface area contributed by atoms with E-state index in [4.69, 9.17) is 15.1 Å². The number of hydrogen-bond acceptors (Lipinski definition) is 3. The zero-order chi connectivity index (χ0) is 19.2. The monoisotopic (exact) mass is 357 g/mol. The molecule has 0 unspecified atom stereocenters. The van der Waals surface area contributed by atoms with E-state index in [0.29, 0.717) is 0 Å². The average molecular weight is 358 g/mol. The number of hydrogen-bond donors (Lipinski definition) is 1. The Kier molecular flexibility index (Phi) is 22.5. The molecule has 1 fully saturated rings. The van der Waals surface area contributed by atoms with E-state index >= 15 is 0 Å². The summed E-state index contributed by atoms with van der Waals surface area (Å²) in [5, 5.41) is 13.8. The van der Waals surface area contributed by atoms with Crippen LogP contribution in [-0.4, -0.2) is 49.0 Å². The van der Waals surface area contributed by atoms with Gasteiger partial charge < -0.3 is 14.3 Å². The SMILES string of the molecule is C1CCOC1.CCCC[N+](CCCC)(CCCC)CCCC.N#CO. The Hall–Kier alpha value is -0.790. The van der Waals surface area contributed by atoms with Gasteiger partial charge in [-0.3, -0.25) is 0 Å². The van der Waals surface area contributed by atoms with Crippen LogP contribution in [0.2, 0.25) is 0 Å². The molecule has 25 heavy (non-hydrogen) atoms. The Bertz CT molecular complexity index is 241. The fourth-order valence-corrected chi connectivity index (χ4v) is 3.16. The first kappa shape index (κ1) is 26.4. The molecule has 0 aromatic heterocycles. The standard InChI is InChI=1S/C16H36N.C4H8O.CHNO/c1-5-9-13-17(14-10-6-2,15-11-7-3)16-12-8-4;1-2-4-5-3-1;2-1-3/h5-16H2,1-4H3;1-4H2;3H/q+1;;. The van der Waals surface area contributed by atoms with E-state index in [2.05, 4.69) is 27.7 Å². The molecule has 4 nitrogen and oxygen atoms in total. The van der Waals surface area contributed by atoms with Crippen LogP contribution in [0.1, 0.15) is 91.9 Å². The molecule has 0 amide bonds. The number of nitriles is 1. The van der Waals surface area contributed by atoms with Crippen molar-refractivity contribution in [3.05, 3.63) is 0 Å². The maximum atomic E-state index is 6.88. The minimum absolute atomic E-state index is 0.750. The predicted molar refractivity (Wildman–Crippen MR) is 107 cm³/mol. The van der Waals surface area contributed by atoms with Gasteiger partial charge >= 0.3 is 0 Å². The van der Waals surface area contributed by atoms with E-state index in [0.717, 1.165) is 19.5 Å². The molecule has 1 saturated heterocycles. The molecule has 0 radical (unpaired) electrons. The summed E-state index contributed by atoms with van der Waals surface area (Å²) in [6.45, 7) is 17.0. The first-order valence-electron chi connectivity index (χ1n) is 10.6. The number of nitrogens with zero attached hydrogens (tertiary/aromatic N) is 2. The molecule has 0 aromatic rings. The second-order valence-electron chi connectivity index (χ2n) is 7.07. The largest absolute Gasteiger partial charge is 0.443 e. The maximum absolute atomic E-state index is 6.88. The van der Waals surface area contributed by atoms with Crippen molar-refractivity contribution in [2.24, 2.45) is 0 Å². The molecule has 1 aliphatic heterocycles. The minimum Gasteiger partial charge on any atom is -0.443 e. The quantitative estimate of drug-likeness (QED) is 0.363. The van der Waals surface area contributed by atoms with Crippen LogP contribution >= 0.6 is 0 Å². The van der Waals surface area contributed by atoms with Gasteiger partial charge in [0.1, 0.15) is 0 Å². The molecular formula is C21H45N2O2+. The molecule has 1 heterocycles. The van der Waals surface area contributed by atoms with Crippen molar-refractivity contribution in [3.63, 3.8) is 0 Å². The van der Waals surface area contributed by atoms with Crippen LogP contribution in [0, 0.1) is 11.5 Å². The van der Waals surface area contributed by atoms with E-state index in [-0.39, 0.29) is 0 Å². The second-order valence-corrected chi connectivity index (χ2v) is 7.07. The molecule has 0 spiro atoms. The molecule has 1 N–H and O–H groups in total. The summed E-state index contributed by atoms with van der Waals surface area (Å²) in [6, 6.07) is 0. The predicted octanol–water partition coefficient (Wildman–Crippen LogP) is 5.64. The molecule has 0 atom stereocenters. The van der Waals surface area contributed by atoms with Gasteiger partial charge in [0.25, 0.3) is 6.26 Å². The van der Waals surface area contributed by atoms with Gasteiger partial charge in [0, 0.05) is 13.2 Å². The van der Waals surface area contributed by atoms with Gasteiger partial charge in [-0.15, -0.1) is 0 Å². The Morgan fingerprint density at radius 3 is 1.20 bits per heavy atom. The lowest BCUT2D eigenvalue weighted by Gasteiger charge is -2.39. The van der Waals surface area contributed by atoms with Crippen LogP contribution in [0.3, 0.4) is 0 Å². The summed E-state index contributed by atoms with van der Waals surface area (Å²) in [5.74, 6) is 0. The normalized spacial score (nSPS) is 13.2. The van der Waals surface area contributed by atoms with Crippen molar-refractivity contribution in [1.29, 1.82) is 5.26 Å². The molecule has 0 aliphatic carbocycles. The lowest BCUT2D eigenvalue weighted by molar-refractivity contribution is -0.929. The molecule has 0 bridgehead atoms. The first-order valence-corrected chi connectivity index (χ1v) is 10.6. The summed E-state index contributed by atoms with van der Waals surface area (Å²) in [7, 11) is 0. The number of unbranched alkanes of at least 4 members (excludes halogenated alkanes) is 4. The van der Waals surface area contributed by atoms with Gasteiger partial charge in [-0.05, 0) is 38.5 Å². The second kappa shape index (κ2) is 21.3. The molecule has 4 heteroatoms. The molecule has 0 aromatic carbocycles. The highest BCUT2D eigenvalue weighted by atomic mass is 16.5. The first-order chi connectivity index (χ1) is 12.2. The van der Waals surface area contributed by atoms with E-state index < -0.39 is 0 Å². The fraction of sp³-hybridized carbons (Fsp3) is 0.952. The molecule has 150 valence electrons. The van der Waals surface area contributed by atoms with Crippen LogP contribution in [0.4, 0.5) is 0 Å². The van der Waals surface area contributed by atoms with Gasteiger partial charge in [-0.2, -0.15) is 5.26 Å². The van der Waals surface area contributed by atoms with Gasteiger partial charge in [-0.1, -0.05) is 53.4 Å². The van der Waals surface area contributed by atoms with Crippen LogP contribution in [0.5, 0.6) is 0 Å². The van der Waals surface area contributed by atoms with E-state index in [1.807, 2.05) is 0 Å². The molecular weight excluding hydrogens is 312 g/mol. The van der Waals surface area contributed by atoms with Gasteiger partial charge in [0.05, 0.1) is 26.2 Å². The lowest BCUT2D eigenvalue weighted by Crippen LogP contribution is -2.50. The summed E-state index contributed by atoms with van der Waals surface area (Å²) in [6.07, 6.45) is 14.4. The number of aliphatic hydroxyl groups is 1. The van der Waals surface area contributed by atoms with Crippen molar-refractivity contribution in [2.45, 2.75) is 91.9 Å². The van der Waals surface area contributed by atoms with Crippen molar-refractivity contribution in [3.8, 4) is 6.26 Å². The third kappa shape index (κ3) is 17.8. The lowest BCUT2D eigenvalue weighted by atomic mass is 10.1. The van der Waals surface area contributed by atoms with Crippen LogP contribution in [-0.2, 0) is 4.74 Å². The van der Waals surface area contributed by atoms with Crippen molar-refractivity contribution in [1.82, 2.24) is 0 Å². The zero-order valence-electron chi connectivity index (χ0n) is 17.6. The Morgan fingerprint density at radius 2 is 1.04 bits per heavy atom. The smallest absolute Gasteiger partial charge is 0.283 e. The zero-order valence-corrected chi connectivity index (χ0v) is 17.6. The summed E-state index contributed by atoms with van der Waals surface area (Å²) in [4.78, 5) is 0. The topological polar surface area (TPSA) is 53.2 Å². The third-order valence-electron chi connectivity index (χ3n) is 4.77. The minimum atomic E-state index is 0.750. The average Bonchev–Trinajstić information content (AvgIpc) is 3.21. The summed E-state index contributed by atoms with van der Waals surface area (Å²) < 4.78 is 6.36. The maximum Gasteiger partial charge on any atom is 0.283 e. The highest BCUT2D eigenvalue weighted by molar-refractivity contribution is 4.49. The number of aliphatic hydroxyl groups excluding tert-OH is 1. The highest BCUT2D eigenvalue weighted by Crippen LogP contribution is 2.16. The number of rotatable bonds is 12. The van der Waals surface area contributed by atoms with Gasteiger partial charge in [0.2, 0.25) is 0 Å². The van der Waals surface area contributed by atoms with E-state index in [9.17, 15) is 0 Å². The van der Waals surface area contributed by atoms with Crippen LogP contribution in [0.25, 0.3) is 0 Å². The highest BCUT2D eigenvalue weighted by Gasteiger charge is 2.24. The number of quaternary nitrogens is 1. The van der Waals surface area contributed by atoms with Gasteiger partial charge in [0.15, 0.2) is 0 Å². The summed E-state index contributed by atoms with van der Waals surface area (Å²) in [5.41, 5.74) is 0. The Morgan fingerprint density at radius 1 is 0.760 bits per heavy atom. The van der Waals surface area contributed by atoms with Crippen molar-refractivity contribution < 1.29 is 14.3 Å². The van der Waals surface area contributed by atoms with Crippen LogP contribution in [0.15, 0.2) is 0 Å². The summed E-state index contributed by atoms with van der Waals surface area (Å²) >= 11 is 0. The number of ether oxygens (including phenoxy) is 1. The molecule has 0 saturated carbocycles. The Labute approximate surface area is 157 Å². The Balaban J connectivity index is 0. The molecule has 1 aliphatic rings. The fourth-order valence-electron chi connectivity index (χ4n) is 3.16. The van der Waals surface area contributed by atoms with E-state index in [1.165, 1.54) is 94.9 Å². The van der Waals surface area contributed by atoms with Crippen LogP contribution < -0.4 is 0 Å². The van der Waals surface area contributed by atoms with Gasteiger partial charge in [-0.25, -0.2) is 0 Å². The van der Waals surface area contributed by atoms with Crippen molar-refractivity contribution >= 4 is 0 Å². The van der Waals surface area contributed by atoms with Crippen molar-refractivity contribution in [2.75, 3.05) is 39.4 Å².